The molecule has 4 aliphatic carbocycles. The predicted molar refractivity (Wildman–Crippen MR) is 120 cm³/mol. The Morgan fingerprint density at radius 3 is 2.57 bits per heavy atom. The van der Waals surface area contributed by atoms with Crippen LogP contribution in [-0.2, 0) is 4.79 Å². The Labute approximate surface area is 177 Å². The molecule has 3 heteroatoms. The van der Waals surface area contributed by atoms with Gasteiger partial charge in [-0.15, -0.1) is 0 Å². The number of hydrogen-bond donors (Lipinski definition) is 1. The van der Waals surface area contributed by atoms with E-state index in [1.165, 1.54) is 76.2 Å². The third-order valence-corrected chi connectivity index (χ3v) is 10.7. The van der Waals surface area contributed by atoms with Crippen LogP contribution >= 0.6 is 11.9 Å². The van der Waals surface area contributed by atoms with Crippen LogP contribution in [0, 0.1) is 46.3 Å². The zero-order valence-corrected chi connectivity index (χ0v) is 19.6. The molecule has 28 heavy (non-hydrogen) atoms. The van der Waals surface area contributed by atoms with Gasteiger partial charge in [0, 0.05) is 12.7 Å². The van der Waals surface area contributed by atoms with Crippen molar-refractivity contribution in [3.8, 4) is 0 Å². The predicted octanol–water partition coefficient (Wildman–Crippen LogP) is 6.85. The molecule has 8 atom stereocenters. The first-order chi connectivity index (χ1) is 13.4. The van der Waals surface area contributed by atoms with Crippen molar-refractivity contribution in [3.63, 3.8) is 0 Å². The van der Waals surface area contributed by atoms with E-state index in [0.29, 0.717) is 17.3 Å². The normalized spacial score (nSPS) is 47.7. The highest BCUT2D eigenvalue weighted by Crippen LogP contribution is 2.68. The van der Waals surface area contributed by atoms with Crippen LogP contribution in [0.15, 0.2) is 0 Å². The fourth-order valence-electron chi connectivity index (χ4n) is 9.07. The number of carbonyl (C=O) groups is 1. The highest BCUT2D eigenvalue weighted by molar-refractivity contribution is 7.97. The first-order valence-electron chi connectivity index (χ1n) is 12.2. The fraction of sp³-hybridized carbons (Fsp3) is 0.960. The van der Waals surface area contributed by atoms with Gasteiger partial charge in [0.25, 0.3) is 0 Å². The summed E-state index contributed by atoms with van der Waals surface area (Å²) in [6.45, 7) is 7.93. The number of hydrogen-bond acceptors (Lipinski definition) is 2. The van der Waals surface area contributed by atoms with Crippen molar-refractivity contribution in [3.05, 3.63) is 0 Å². The minimum Gasteiger partial charge on any atom is -0.300 e. The maximum absolute atomic E-state index is 11.8. The topological polar surface area (TPSA) is 29.1 Å². The second kappa shape index (κ2) is 8.16. The Bertz CT molecular complexity index is 579. The largest absolute Gasteiger partial charge is 0.300 e. The van der Waals surface area contributed by atoms with E-state index >= 15 is 0 Å². The van der Waals surface area contributed by atoms with E-state index in [1.807, 2.05) is 6.26 Å². The third kappa shape index (κ3) is 3.46. The van der Waals surface area contributed by atoms with Crippen molar-refractivity contribution in [2.75, 3.05) is 6.26 Å². The molecular formula is C25H43NOS. The number of carbonyl (C=O) groups excluding carboxylic acids is 1. The lowest BCUT2D eigenvalue weighted by Gasteiger charge is -2.62. The standard InChI is InChI=1S/C25H43NOS/c1-17-16-19-21-12-11-18(8-7-10-23(27)26-28-4)24(21,2)15-13-22(19)25(3)14-6-5-9-20(17)25/h17-22H,5-16H2,1-4H3,(H,26,27)/t17-,18?,19?,20?,21?,22-,24?,25?/m0/s1. The van der Waals surface area contributed by atoms with E-state index in [0.717, 1.165) is 41.9 Å². The zero-order chi connectivity index (χ0) is 19.9. The summed E-state index contributed by atoms with van der Waals surface area (Å²) in [6.07, 6.45) is 18.3. The van der Waals surface area contributed by atoms with Crippen LogP contribution in [0.5, 0.6) is 0 Å². The Hall–Kier alpha value is -0.180. The van der Waals surface area contributed by atoms with Gasteiger partial charge in [-0.1, -0.05) is 45.6 Å². The van der Waals surface area contributed by atoms with E-state index in [-0.39, 0.29) is 5.91 Å². The summed E-state index contributed by atoms with van der Waals surface area (Å²) >= 11 is 1.43. The summed E-state index contributed by atoms with van der Waals surface area (Å²) < 4.78 is 2.89. The summed E-state index contributed by atoms with van der Waals surface area (Å²) in [6, 6.07) is 0. The maximum Gasteiger partial charge on any atom is 0.229 e. The molecule has 0 aromatic heterocycles. The van der Waals surface area contributed by atoms with Gasteiger partial charge in [0.05, 0.1) is 0 Å². The molecule has 0 saturated heterocycles. The highest BCUT2D eigenvalue weighted by atomic mass is 32.2. The monoisotopic (exact) mass is 405 g/mol. The lowest BCUT2D eigenvalue weighted by Crippen LogP contribution is -2.55. The van der Waals surface area contributed by atoms with Crippen molar-refractivity contribution in [1.82, 2.24) is 4.72 Å². The summed E-state index contributed by atoms with van der Waals surface area (Å²) in [5, 5.41) is 0. The summed E-state index contributed by atoms with van der Waals surface area (Å²) in [4.78, 5) is 11.8. The average Bonchev–Trinajstić information content (AvgIpc) is 2.99. The molecule has 160 valence electrons. The first kappa shape index (κ1) is 21.1. The van der Waals surface area contributed by atoms with Gasteiger partial charge in [0.2, 0.25) is 5.91 Å². The lowest BCUT2D eigenvalue weighted by atomic mass is 9.43. The zero-order valence-electron chi connectivity index (χ0n) is 18.8. The summed E-state index contributed by atoms with van der Waals surface area (Å²) in [5.41, 5.74) is 1.19. The van der Waals surface area contributed by atoms with Crippen LogP contribution in [0.3, 0.4) is 0 Å². The lowest BCUT2D eigenvalue weighted by molar-refractivity contribution is -0.132. The molecule has 0 heterocycles. The molecule has 0 aliphatic heterocycles. The highest BCUT2D eigenvalue weighted by Gasteiger charge is 2.60. The Morgan fingerprint density at radius 1 is 1.00 bits per heavy atom. The molecule has 2 nitrogen and oxygen atoms in total. The van der Waals surface area contributed by atoms with Crippen LogP contribution in [0.2, 0.25) is 0 Å². The quantitative estimate of drug-likeness (QED) is 0.507. The van der Waals surface area contributed by atoms with Crippen LogP contribution in [0.4, 0.5) is 0 Å². The summed E-state index contributed by atoms with van der Waals surface area (Å²) in [5.74, 6) is 5.94. The molecule has 4 saturated carbocycles. The van der Waals surface area contributed by atoms with Gasteiger partial charge < -0.3 is 4.72 Å². The third-order valence-electron chi connectivity index (χ3n) is 10.3. The molecule has 6 unspecified atom stereocenters. The van der Waals surface area contributed by atoms with Crippen molar-refractivity contribution >= 4 is 17.9 Å². The van der Waals surface area contributed by atoms with Gasteiger partial charge in [-0.25, -0.2) is 0 Å². The number of fused-ring (bicyclic) bond motifs is 5. The molecular weight excluding hydrogens is 362 g/mol. The smallest absolute Gasteiger partial charge is 0.229 e. The van der Waals surface area contributed by atoms with Crippen LogP contribution in [-0.4, -0.2) is 12.2 Å². The Balaban J connectivity index is 1.45. The molecule has 1 amide bonds. The molecule has 0 radical (unpaired) electrons. The first-order valence-corrected chi connectivity index (χ1v) is 13.4. The van der Waals surface area contributed by atoms with Gasteiger partial charge in [-0.3, -0.25) is 4.79 Å². The van der Waals surface area contributed by atoms with Gasteiger partial charge in [-0.2, -0.15) is 0 Å². The van der Waals surface area contributed by atoms with Crippen molar-refractivity contribution in [2.45, 2.75) is 97.8 Å². The minimum atomic E-state index is 0.216. The molecule has 0 bridgehead atoms. The van der Waals surface area contributed by atoms with Gasteiger partial charge in [0.1, 0.15) is 0 Å². The van der Waals surface area contributed by atoms with Crippen molar-refractivity contribution in [1.29, 1.82) is 0 Å². The van der Waals surface area contributed by atoms with E-state index in [9.17, 15) is 4.79 Å². The van der Waals surface area contributed by atoms with Crippen molar-refractivity contribution in [2.24, 2.45) is 46.3 Å². The van der Waals surface area contributed by atoms with Crippen LogP contribution < -0.4 is 4.72 Å². The summed E-state index contributed by atoms with van der Waals surface area (Å²) in [7, 11) is 0. The SMILES string of the molecule is CSNC(=O)CCCC1CCC2C3C[C@H](C)C4CCCCC4(C)[C@H]3CCC12C. The Morgan fingerprint density at radius 2 is 1.79 bits per heavy atom. The number of amides is 1. The second-order valence-corrected chi connectivity index (χ2v) is 12.0. The molecule has 4 aliphatic rings. The Kier molecular flexibility index (Phi) is 6.14. The molecule has 4 fully saturated rings. The average molecular weight is 406 g/mol. The molecule has 4 rings (SSSR count). The van der Waals surface area contributed by atoms with Gasteiger partial charge in [-0.05, 0) is 104 Å². The van der Waals surface area contributed by atoms with E-state index < -0.39 is 0 Å². The number of nitrogens with one attached hydrogen (secondary N) is 1. The van der Waals surface area contributed by atoms with Crippen LogP contribution in [0.25, 0.3) is 0 Å². The molecule has 1 N–H and O–H groups in total. The van der Waals surface area contributed by atoms with Gasteiger partial charge in [0.15, 0.2) is 0 Å². The van der Waals surface area contributed by atoms with Gasteiger partial charge >= 0.3 is 0 Å². The maximum atomic E-state index is 11.8. The fourth-order valence-corrected chi connectivity index (χ4v) is 9.40. The van der Waals surface area contributed by atoms with Crippen molar-refractivity contribution < 1.29 is 4.79 Å². The molecule has 0 spiro atoms. The van der Waals surface area contributed by atoms with E-state index in [1.54, 1.807) is 0 Å². The number of rotatable bonds is 5. The van der Waals surface area contributed by atoms with Crippen LogP contribution in [0.1, 0.15) is 97.8 Å². The van der Waals surface area contributed by atoms with E-state index in [4.69, 9.17) is 0 Å². The van der Waals surface area contributed by atoms with E-state index in [2.05, 4.69) is 25.5 Å². The second-order valence-electron chi connectivity index (χ2n) is 11.4. The molecule has 0 aromatic carbocycles. The molecule has 0 aromatic rings. The minimum absolute atomic E-state index is 0.216.